The van der Waals surface area contributed by atoms with Gasteiger partial charge in [-0.15, -0.1) is 0 Å². The Morgan fingerprint density at radius 2 is 0.958 bits per heavy atom. The number of aryl methyl sites for hydroxylation is 2. The van der Waals surface area contributed by atoms with Crippen LogP contribution in [-0.2, 0) is 0 Å². The Labute approximate surface area is 281 Å². The van der Waals surface area contributed by atoms with Crippen molar-refractivity contribution in [3.63, 3.8) is 0 Å². The van der Waals surface area contributed by atoms with E-state index < -0.39 is 0 Å². The minimum atomic E-state index is -0.361. The standard InChI is InChI=1S/C41H28N4O3/c1-25-23-35-38(24-26(25)2)48-41(44-35)29-15-21-32(22-16-29)45(30-17-11-27(12-18-30)39-42-33-7-3-5-9-36(33)46-39)31-19-13-28(14-20-31)40-43-34-8-4-6-10-37(34)47-40/h3-24H,1-2H3/i3D,5D,7D,9D. The predicted octanol–water partition coefficient (Wildman–Crippen LogP) is 11.2. The van der Waals surface area contributed by atoms with E-state index in [2.05, 4.69) is 28.7 Å². The van der Waals surface area contributed by atoms with Gasteiger partial charge in [-0.1, -0.05) is 24.2 Å². The molecule has 3 heterocycles. The largest absolute Gasteiger partial charge is 0.436 e. The molecule has 9 aromatic rings. The first-order valence-electron chi connectivity index (χ1n) is 17.4. The second kappa shape index (κ2) is 11.1. The first-order chi connectivity index (χ1) is 25.2. The van der Waals surface area contributed by atoms with Crippen molar-refractivity contribution in [2.24, 2.45) is 0 Å². The van der Waals surface area contributed by atoms with Crippen molar-refractivity contribution in [2.75, 3.05) is 4.90 Å². The average molecular weight is 629 g/mol. The second-order valence-electron chi connectivity index (χ2n) is 11.6. The molecule has 0 unspecified atom stereocenters. The zero-order chi connectivity index (χ0) is 35.7. The molecule has 0 saturated heterocycles. The monoisotopic (exact) mass is 628 g/mol. The number of anilines is 3. The first-order valence-corrected chi connectivity index (χ1v) is 15.4. The third-order valence-electron chi connectivity index (χ3n) is 8.46. The van der Waals surface area contributed by atoms with Crippen LogP contribution in [0.3, 0.4) is 0 Å². The minimum absolute atomic E-state index is 0.0232. The van der Waals surface area contributed by atoms with Crippen LogP contribution in [0.5, 0.6) is 0 Å². The summed E-state index contributed by atoms with van der Waals surface area (Å²) in [6, 6.07) is 34.1. The summed E-state index contributed by atoms with van der Waals surface area (Å²) < 4.78 is 50.6. The molecule has 7 nitrogen and oxygen atoms in total. The quantitative estimate of drug-likeness (QED) is 0.181. The van der Waals surface area contributed by atoms with Crippen molar-refractivity contribution in [2.45, 2.75) is 13.8 Å². The number of rotatable bonds is 6. The van der Waals surface area contributed by atoms with Crippen molar-refractivity contribution in [3.05, 3.63) is 144 Å². The van der Waals surface area contributed by atoms with Gasteiger partial charge in [0.1, 0.15) is 16.6 Å². The van der Waals surface area contributed by atoms with E-state index in [-0.39, 0.29) is 41.2 Å². The van der Waals surface area contributed by atoms with Gasteiger partial charge in [0.25, 0.3) is 0 Å². The van der Waals surface area contributed by atoms with Gasteiger partial charge in [-0.3, -0.25) is 0 Å². The lowest BCUT2D eigenvalue weighted by Gasteiger charge is -2.26. The molecule has 7 heteroatoms. The average Bonchev–Trinajstić information content (AvgIpc) is 3.92. The summed E-state index contributed by atoms with van der Waals surface area (Å²) in [4.78, 5) is 15.9. The lowest BCUT2D eigenvalue weighted by molar-refractivity contribution is 0.619. The molecule has 0 amide bonds. The number of oxazole rings is 3. The Kier molecular flexibility index (Phi) is 5.51. The Hall–Kier alpha value is -6.47. The molecule has 48 heavy (non-hydrogen) atoms. The number of hydrogen-bond donors (Lipinski definition) is 0. The van der Waals surface area contributed by atoms with Crippen LogP contribution < -0.4 is 4.90 Å². The molecule has 0 atom stereocenters. The van der Waals surface area contributed by atoms with E-state index in [0.717, 1.165) is 61.5 Å². The molecule has 0 saturated carbocycles. The van der Waals surface area contributed by atoms with Crippen LogP contribution in [0, 0.1) is 13.8 Å². The molecular formula is C41H28N4O3. The van der Waals surface area contributed by atoms with Gasteiger partial charge in [0.15, 0.2) is 16.7 Å². The van der Waals surface area contributed by atoms with Gasteiger partial charge in [0, 0.05) is 33.8 Å². The number of fused-ring (bicyclic) bond motifs is 3. The summed E-state index contributed by atoms with van der Waals surface area (Å²) in [5.74, 6) is 1.29. The molecule has 0 aliphatic carbocycles. The van der Waals surface area contributed by atoms with E-state index in [1.807, 2.05) is 109 Å². The Bertz CT molecular complexity index is 2690. The van der Waals surface area contributed by atoms with Crippen LogP contribution in [-0.4, -0.2) is 15.0 Å². The maximum Gasteiger partial charge on any atom is 0.227 e. The first kappa shape index (κ1) is 23.8. The van der Waals surface area contributed by atoms with Crippen LogP contribution in [0.1, 0.15) is 16.6 Å². The number of hydrogen-bond acceptors (Lipinski definition) is 7. The van der Waals surface area contributed by atoms with Crippen molar-refractivity contribution < 1.29 is 18.7 Å². The predicted molar refractivity (Wildman–Crippen MR) is 190 cm³/mol. The summed E-state index contributed by atoms with van der Waals surface area (Å²) in [6.07, 6.45) is 0. The van der Waals surface area contributed by atoms with E-state index in [0.29, 0.717) is 17.3 Å². The van der Waals surface area contributed by atoms with Gasteiger partial charge in [0.05, 0.1) is 5.48 Å². The fraction of sp³-hybridized carbons (Fsp3) is 0.0488. The Morgan fingerprint density at radius 1 is 0.479 bits per heavy atom. The number of nitrogens with zero attached hydrogens (tertiary/aromatic N) is 4. The fourth-order valence-electron chi connectivity index (χ4n) is 5.80. The van der Waals surface area contributed by atoms with Crippen LogP contribution in [0.25, 0.3) is 67.7 Å². The molecule has 3 aromatic heterocycles. The molecule has 0 aliphatic heterocycles. The summed E-state index contributed by atoms with van der Waals surface area (Å²) in [6.45, 7) is 4.12. The van der Waals surface area contributed by atoms with E-state index in [1.165, 1.54) is 0 Å². The smallest absolute Gasteiger partial charge is 0.227 e. The van der Waals surface area contributed by atoms with Crippen molar-refractivity contribution in [1.82, 2.24) is 15.0 Å². The van der Waals surface area contributed by atoms with Gasteiger partial charge in [-0.2, -0.15) is 0 Å². The maximum atomic E-state index is 8.26. The van der Waals surface area contributed by atoms with E-state index in [9.17, 15) is 0 Å². The highest BCUT2D eigenvalue weighted by Crippen LogP contribution is 2.38. The molecule has 0 radical (unpaired) electrons. The van der Waals surface area contributed by atoms with Crippen molar-refractivity contribution in [1.29, 1.82) is 0 Å². The lowest BCUT2D eigenvalue weighted by Crippen LogP contribution is -2.09. The summed E-state index contributed by atoms with van der Waals surface area (Å²) >= 11 is 0. The van der Waals surface area contributed by atoms with Crippen molar-refractivity contribution in [3.8, 4) is 34.4 Å². The van der Waals surface area contributed by atoms with Crippen molar-refractivity contribution >= 4 is 50.4 Å². The van der Waals surface area contributed by atoms with E-state index >= 15 is 0 Å². The number of benzene rings is 6. The zero-order valence-electron chi connectivity index (χ0n) is 29.9. The molecular weight excluding hydrogens is 596 g/mol. The summed E-state index contributed by atoms with van der Waals surface area (Å²) in [5.41, 5.74) is 10.5. The molecule has 9 rings (SSSR count). The van der Waals surface area contributed by atoms with Crippen LogP contribution in [0.2, 0.25) is 0 Å². The topological polar surface area (TPSA) is 81.3 Å². The summed E-state index contributed by atoms with van der Waals surface area (Å²) in [7, 11) is 0. The molecule has 6 aromatic carbocycles. The normalized spacial score (nSPS) is 12.7. The number of aromatic nitrogens is 3. The highest BCUT2D eigenvalue weighted by Gasteiger charge is 2.17. The Morgan fingerprint density at radius 3 is 1.56 bits per heavy atom. The second-order valence-corrected chi connectivity index (χ2v) is 11.6. The Balaban J connectivity index is 1.10. The highest BCUT2D eigenvalue weighted by atomic mass is 16.4. The van der Waals surface area contributed by atoms with E-state index in [4.69, 9.17) is 23.7 Å². The SMILES string of the molecule is [2H]c1c([2H])c([2H])c2oc(-c3ccc(N(c4ccc(-c5nc6ccccc6o5)cc4)c4ccc(-c5nc6cc(C)c(C)cc6o5)cc4)cc3)nc2c1[2H]. The minimum Gasteiger partial charge on any atom is -0.436 e. The third kappa shape index (κ3) is 4.89. The summed E-state index contributed by atoms with van der Waals surface area (Å²) in [5, 5.41) is 0. The van der Waals surface area contributed by atoms with Crippen LogP contribution >= 0.6 is 0 Å². The van der Waals surface area contributed by atoms with Gasteiger partial charge in [0.2, 0.25) is 17.7 Å². The molecule has 0 fully saturated rings. The lowest BCUT2D eigenvalue weighted by atomic mass is 10.1. The molecule has 0 N–H and O–H groups in total. The molecule has 0 bridgehead atoms. The molecule has 230 valence electrons. The third-order valence-corrected chi connectivity index (χ3v) is 8.46. The van der Waals surface area contributed by atoms with Crippen LogP contribution in [0.15, 0.2) is 147 Å². The van der Waals surface area contributed by atoms with Crippen LogP contribution in [0.4, 0.5) is 17.1 Å². The van der Waals surface area contributed by atoms with Gasteiger partial charge >= 0.3 is 0 Å². The molecule has 0 aliphatic rings. The van der Waals surface area contributed by atoms with E-state index in [1.54, 1.807) is 0 Å². The number of para-hydroxylation sites is 4. The molecule has 0 spiro atoms. The fourth-order valence-corrected chi connectivity index (χ4v) is 5.80. The van der Waals surface area contributed by atoms with Gasteiger partial charge in [-0.05, 0) is 134 Å². The maximum absolute atomic E-state index is 8.26. The van der Waals surface area contributed by atoms with Gasteiger partial charge < -0.3 is 18.2 Å². The zero-order valence-corrected chi connectivity index (χ0v) is 25.9. The highest BCUT2D eigenvalue weighted by molar-refractivity contribution is 5.83. The van der Waals surface area contributed by atoms with Gasteiger partial charge in [-0.25, -0.2) is 15.0 Å².